The van der Waals surface area contributed by atoms with Gasteiger partial charge in [-0.2, -0.15) is 5.10 Å². The zero-order valence-corrected chi connectivity index (χ0v) is 13.6. The predicted molar refractivity (Wildman–Crippen MR) is 82.1 cm³/mol. The van der Waals surface area contributed by atoms with Gasteiger partial charge in [-0.1, -0.05) is 33.6 Å². The number of rotatable bonds is 5. The van der Waals surface area contributed by atoms with Crippen LogP contribution in [-0.4, -0.2) is 28.6 Å². The normalized spacial score (nSPS) is 12.7. The summed E-state index contributed by atoms with van der Waals surface area (Å²) in [6.07, 6.45) is 0.725. The maximum Gasteiger partial charge on any atom is 0.122 e. The average molecular weight is 360 g/mol. The zero-order valence-electron chi connectivity index (χ0n) is 11.3. The summed E-state index contributed by atoms with van der Waals surface area (Å²) in [5, 5.41) is 15.3. The van der Waals surface area contributed by atoms with E-state index in [0.29, 0.717) is 23.9 Å². The molecule has 2 aromatic rings. The summed E-state index contributed by atoms with van der Waals surface area (Å²) in [4.78, 5) is 0. The first kappa shape index (κ1) is 15.5. The van der Waals surface area contributed by atoms with E-state index in [0.717, 1.165) is 15.6 Å². The lowest BCUT2D eigenvalue weighted by Gasteiger charge is -2.16. The van der Waals surface area contributed by atoms with Crippen molar-refractivity contribution in [2.45, 2.75) is 19.6 Å². The molecular formula is C14H16BrClN2O2. The van der Waals surface area contributed by atoms with Gasteiger partial charge < -0.3 is 9.84 Å². The van der Waals surface area contributed by atoms with Gasteiger partial charge in [-0.3, -0.25) is 4.68 Å². The fourth-order valence-electron chi connectivity index (χ4n) is 2.05. The molecule has 1 heterocycles. The Hall–Kier alpha value is -0.880. The Morgan fingerprint density at radius 3 is 2.95 bits per heavy atom. The van der Waals surface area contributed by atoms with Crippen molar-refractivity contribution in [2.75, 3.05) is 13.7 Å². The standard InChI is InChI=1S/C14H16BrClN2O2/c1-9-3-4-10(15)7-11(9)14(19)13-12(16)8-17-18(13)5-6-20-2/h3-4,7-8,14,19H,5-6H2,1-2H3. The van der Waals surface area contributed by atoms with Crippen molar-refractivity contribution in [3.05, 3.63) is 50.7 Å². The van der Waals surface area contributed by atoms with Crippen molar-refractivity contribution in [3.63, 3.8) is 0 Å². The molecule has 1 N–H and O–H groups in total. The molecule has 0 aliphatic heterocycles. The molecule has 0 spiro atoms. The first-order valence-corrected chi connectivity index (χ1v) is 7.36. The summed E-state index contributed by atoms with van der Waals surface area (Å²) in [7, 11) is 1.62. The quantitative estimate of drug-likeness (QED) is 0.890. The Morgan fingerprint density at radius 1 is 1.50 bits per heavy atom. The molecule has 2 rings (SSSR count). The molecule has 0 saturated heterocycles. The van der Waals surface area contributed by atoms with Crippen LogP contribution in [0.5, 0.6) is 0 Å². The molecule has 0 amide bonds. The summed E-state index contributed by atoms with van der Waals surface area (Å²) in [6.45, 7) is 3.01. The van der Waals surface area contributed by atoms with Crippen LogP contribution >= 0.6 is 27.5 Å². The van der Waals surface area contributed by atoms with Crippen LogP contribution in [0.1, 0.15) is 22.9 Å². The Morgan fingerprint density at radius 2 is 2.25 bits per heavy atom. The summed E-state index contributed by atoms with van der Waals surface area (Å²) in [5.74, 6) is 0. The molecule has 20 heavy (non-hydrogen) atoms. The number of nitrogens with zero attached hydrogens (tertiary/aromatic N) is 2. The minimum Gasteiger partial charge on any atom is -0.383 e. The average Bonchev–Trinajstić information content (AvgIpc) is 2.79. The second-order valence-electron chi connectivity index (χ2n) is 4.50. The third-order valence-electron chi connectivity index (χ3n) is 3.14. The smallest absolute Gasteiger partial charge is 0.122 e. The lowest BCUT2D eigenvalue weighted by molar-refractivity contribution is 0.171. The number of ether oxygens (including phenoxy) is 1. The van der Waals surface area contributed by atoms with E-state index in [9.17, 15) is 5.11 Å². The third-order valence-corrected chi connectivity index (χ3v) is 3.92. The SMILES string of the molecule is COCCn1ncc(Cl)c1C(O)c1cc(Br)ccc1C. The summed E-state index contributed by atoms with van der Waals surface area (Å²) < 4.78 is 7.64. The van der Waals surface area contributed by atoms with Crippen molar-refractivity contribution < 1.29 is 9.84 Å². The van der Waals surface area contributed by atoms with Gasteiger partial charge >= 0.3 is 0 Å². The van der Waals surface area contributed by atoms with Gasteiger partial charge in [0.1, 0.15) is 6.10 Å². The van der Waals surface area contributed by atoms with Gasteiger partial charge in [0.25, 0.3) is 0 Å². The fraction of sp³-hybridized carbons (Fsp3) is 0.357. The summed E-state index contributed by atoms with van der Waals surface area (Å²) in [5.41, 5.74) is 2.39. The van der Waals surface area contributed by atoms with Gasteiger partial charge in [0.05, 0.1) is 30.1 Å². The highest BCUT2D eigenvalue weighted by Crippen LogP contribution is 2.31. The maximum atomic E-state index is 10.6. The molecule has 0 fully saturated rings. The molecule has 6 heteroatoms. The van der Waals surface area contributed by atoms with Gasteiger partial charge in [-0.05, 0) is 30.2 Å². The van der Waals surface area contributed by atoms with E-state index in [4.69, 9.17) is 16.3 Å². The number of halogens is 2. The van der Waals surface area contributed by atoms with Crippen LogP contribution in [0.3, 0.4) is 0 Å². The van der Waals surface area contributed by atoms with E-state index in [1.165, 1.54) is 0 Å². The number of aromatic nitrogens is 2. The Labute approximate surface area is 131 Å². The van der Waals surface area contributed by atoms with Crippen molar-refractivity contribution in [1.29, 1.82) is 0 Å². The number of hydrogen-bond acceptors (Lipinski definition) is 3. The van der Waals surface area contributed by atoms with E-state index in [2.05, 4.69) is 21.0 Å². The lowest BCUT2D eigenvalue weighted by atomic mass is 10.0. The van der Waals surface area contributed by atoms with Crippen LogP contribution in [-0.2, 0) is 11.3 Å². The van der Waals surface area contributed by atoms with E-state index >= 15 is 0 Å². The molecular weight excluding hydrogens is 344 g/mol. The van der Waals surface area contributed by atoms with E-state index in [-0.39, 0.29) is 0 Å². The first-order valence-electron chi connectivity index (χ1n) is 6.19. The minimum absolute atomic E-state index is 0.452. The molecule has 1 aromatic heterocycles. The molecule has 1 unspecified atom stereocenters. The van der Waals surface area contributed by atoms with Gasteiger partial charge in [0.2, 0.25) is 0 Å². The molecule has 0 aliphatic carbocycles. The van der Waals surface area contributed by atoms with Gasteiger partial charge in [0.15, 0.2) is 0 Å². The van der Waals surface area contributed by atoms with Gasteiger partial charge in [-0.25, -0.2) is 0 Å². The number of benzene rings is 1. The van der Waals surface area contributed by atoms with Crippen molar-refractivity contribution >= 4 is 27.5 Å². The molecule has 0 saturated carbocycles. The summed E-state index contributed by atoms with van der Waals surface area (Å²) in [6, 6.07) is 5.78. The first-order chi connectivity index (χ1) is 9.54. The molecule has 0 bridgehead atoms. The minimum atomic E-state index is -0.820. The van der Waals surface area contributed by atoms with Crippen LogP contribution < -0.4 is 0 Å². The molecule has 1 aromatic carbocycles. The van der Waals surface area contributed by atoms with Gasteiger partial charge in [-0.15, -0.1) is 0 Å². The molecule has 4 nitrogen and oxygen atoms in total. The number of aryl methyl sites for hydroxylation is 1. The fourth-order valence-corrected chi connectivity index (χ4v) is 2.68. The number of methoxy groups -OCH3 is 1. The Bertz CT molecular complexity index is 601. The van der Waals surface area contributed by atoms with Crippen molar-refractivity contribution in [2.24, 2.45) is 0 Å². The van der Waals surface area contributed by atoms with E-state index in [1.807, 2.05) is 25.1 Å². The Kier molecular flexibility index (Phi) is 5.21. The second-order valence-corrected chi connectivity index (χ2v) is 5.82. The number of hydrogen-bond donors (Lipinski definition) is 1. The van der Waals surface area contributed by atoms with E-state index in [1.54, 1.807) is 18.0 Å². The van der Waals surface area contributed by atoms with Crippen LogP contribution in [0.2, 0.25) is 5.02 Å². The number of aliphatic hydroxyl groups excluding tert-OH is 1. The highest BCUT2D eigenvalue weighted by Gasteiger charge is 2.21. The van der Waals surface area contributed by atoms with Crippen LogP contribution in [0.25, 0.3) is 0 Å². The van der Waals surface area contributed by atoms with E-state index < -0.39 is 6.10 Å². The highest BCUT2D eigenvalue weighted by atomic mass is 79.9. The van der Waals surface area contributed by atoms with Crippen LogP contribution in [0.4, 0.5) is 0 Å². The monoisotopic (exact) mass is 358 g/mol. The van der Waals surface area contributed by atoms with Crippen LogP contribution in [0.15, 0.2) is 28.9 Å². The lowest BCUT2D eigenvalue weighted by Crippen LogP contribution is -2.14. The number of aliphatic hydroxyl groups is 1. The third kappa shape index (κ3) is 3.23. The van der Waals surface area contributed by atoms with Gasteiger partial charge in [0, 0.05) is 11.6 Å². The second kappa shape index (κ2) is 6.72. The molecule has 0 aliphatic rings. The Balaban J connectivity index is 2.39. The van der Waals surface area contributed by atoms with Crippen LogP contribution in [0, 0.1) is 6.92 Å². The maximum absolute atomic E-state index is 10.6. The van der Waals surface area contributed by atoms with Crippen molar-refractivity contribution in [1.82, 2.24) is 9.78 Å². The topological polar surface area (TPSA) is 47.3 Å². The van der Waals surface area contributed by atoms with Crippen molar-refractivity contribution in [3.8, 4) is 0 Å². The molecule has 0 radical (unpaired) electrons. The highest BCUT2D eigenvalue weighted by molar-refractivity contribution is 9.10. The zero-order chi connectivity index (χ0) is 14.7. The molecule has 108 valence electrons. The molecule has 1 atom stereocenters. The summed E-state index contributed by atoms with van der Waals surface area (Å²) >= 11 is 9.59. The largest absolute Gasteiger partial charge is 0.383 e. The predicted octanol–water partition coefficient (Wildman–Crippen LogP) is 3.34.